The number of hydrogen-bond acceptors (Lipinski definition) is 7. The molecule has 0 bridgehead atoms. The number of amides is 1. The van der Waals surface area contributed by atoms with Gasteiger partial charge in [-0.25, -0.2) is 19.9 Å². The summed E-state index contributed by atoms with van der Waals surface area (Å²) in [6, 6.07) is 0.795. The molecule has 1 amide bonds. The molecule has 2 aliphatic rings. The van der Waals surface area contributed by atoms with E-state index in [4.69, 9.17) is 0 Å². The zero-order valence-electron chi connectivity index (χ0n) is 18.2. The second-order valence-corrected chi connectivity index (χ2v) is 8.81. The van der Waals surface area contributed by atoms with E-state index in [0.717, 1.165) is 48.5 Å². The molecule has 1 unspecified atom stereocenters. The van der Waals surface area contributed by atoms with Crippen molar-refractivity contribution in [2.45, 2.75) is 39.2 Å². The monoisotopic (exact) mass is 420 g/mol. The fourth-order valence-corrected chi connectivity index (χ4v) is 4.38. The summed E-state index contributed by atoms with van der Waals surface area (Å²) in [5.41, 5.74) is 2.71. The summed E-state index contributed by atoms with van der Waals surface area (Å²) in [4.78, 5) is 35.1. The van der Waals surface area contributed by atoms with Crippen LogP contribution in [0.3, 0.4) is 0 Å². The molecule has 1 aliphatic carbocycles. The molecule has 3 aromatic heterocycles. The van der Waals surface area contributed by atoms with Crippen LogP contribution in [0.1, 0.15) is 41.1 Å². The van der Waals surface area contributed by atoms with E-state index in [9.17, 15) is 4.79 Å². The topological polar surface area (TPSA) is 91.6 Å². The maximum Gasteiger partial charge on any atom is 0.277 e. The molecule has 1 atom stereocenters. The van der Waals surface area contributed by atoms with Crippen molar-refractivity contribution in [1.29, 1.82) is 0 Å². The summed E-state index contributed by atoms with van der Waals surface area (Å²) in [7, 11) is 2.23. The third kappa shape index (κ3) is 4.23. The lowest BCUT2D eigenvalue weighted by Crippen LogP contribution is -2.30. The number of imidazole rings is 1. The molecular weight excluding hydrogens is 392 g/mol. The average Bonchev–Trinajstić information content (AvgIpc) is 3.39. The SMILES string of the molecule is Cc1cn2cc(NC(=O)c3cnc(N4CCC(CN(C)C5CC5)C4)cn3)nc(C)c2n1. The van der Waals surface area contributed by atoms with Gasteiger partial charge in [0.2, 0.25) is 0 Å². The molecular formula is C22H28N8O. The third-order valence-electron chi connectivity index (χ3n) is 6.16. The fourth-order valence-electron chi connectivity index (χ4n) is 4.38. The van der Waals surface area contributed by atoms with Crippen LogP contribution >= 0.6 is 0 Å². The van der Waals surface area contributed by atoms with Gasteiger partial charge in [-0.05, 0) is 46.1 Å². The number of nitrogens with zero attached hydrogens (tertiary/aromatic N) is 7. The second kappa shape index (κ2) is 7.88. The predicted octanol–water partition coefficient (Wildman–Crippen LogP) is 2.31. The molecule has 0 radical (unpaired) electrons. The lowest BCUT2D eigenvalue weighted by Gasteiger charge is -2.21. The van der Waals surface area contributed by atoms with Gasteiger partial charge in [-0.3, -0.25) is 4.79 Å². The van der Waals surface area contributed by atoms with Crippen LogP contribution in [-0.4, -0.2) is 67.9 Å². The van der Waals surface area contributed by atoms with Crippen LogP contribution in [0.2, 0.25) is 0 Å². The van der Waals surface area contributed by atoms with Crippen LogP contribution in [0.4, 0.5) is 11.6 Å². The molecule has 2 fully saturated rings. The van der Waals surface area contributed by atoms with E-state index < -0.39 is 0 Å². The summed E-state index contributed by atoms with van der Waals surface area (Å²) >= 11 is 0. The summed E-state index contributed by atoms with van der Waals surface area (Å²) < 4.78 is 1.87. The molecule has 1 N–H and O–H groups in total. The van der Waals surface area contributed by atoms with Gasteiger partial charge in [0, 0.05) is 31.9 Å². The minimum absolute atomic E-state index is 0.273. The minimum Gasteiger partial charge on any atom is -0.355 e. The van der Waals surface area contributed by atoms with Crippen LogP contribution in [0, 0.1) is 19.8 Å². The van der Waals surface area contributed by atoms with Crippen molar-refractivity contribution >= 4 is 23.2 Å². The maximum absolute atomic E-state index is 12.6. The van der Waals surface area contributed by atoms with E-state index in [2.05, 4.69) is 42.1 Å². The quantitative estimate of drug-likeness (QED) is 0.654. The molecule has 162 valence electrons. The van der Waals surface area contributed by atoms with Gasteiger partial charge >= 0.3 is 0 Å². The Morgan fingerprint density at radius 3 is 2.74 bits per heavy atom. The molecule has 1 saturated carbocycles. The highest BCUT2D eigenvalue weighted by Gasteiger charge is 2.30. The van der Waals surface area contributed by atoms with E-state index in [1.54, 1.807) is 18.6 Å². The Labute approximate surface area is 181 Å². The number of carbonyl (C=O) groups excluding carboxylic acids is 1. The number of nitrogens with one attached hydrogen (secondary N) is 1. The Kier molecular flexibility index (Phi) is 5.05. The maximum atomic E-state index is 12.6. The van der Waals surface area contributed by atoms with Crippen molar-refractivity contribution in [3.63, 3.8) is 0 Å². The van der Waals surface area contributed by atoms with Crippen LogP contribution in [0.15, 0.2) is 24.8 Å². The summed E-state index contributed by atoms with van der Waals surface area (Å²) in [6.45, 7) is 6.91. The molecule has 4 heterocycles. The Morgan fingerprint density at radius 2 is 2.00 bits per heavy atom. The van der Waals surface area contributed by atoms with E-state index in [-0.39, 0.29) is 11.6 Å². The van der Waals surface area contributed by atoms with Crippen LogP contribution in [0.25, 0.3) is 5.65 Å². The van der Waals surface area contributed by atoms with Gasteiger partial charge in [0.25, 0.3) is 5.91 Å². The number of hydrogen-bond donors (Lipinski definition) is 1. The van der Waals surface area contributed by atoms with E-state index in [0.29, 0.717) is 11.7 Å². The highest BCUT2D eigenvalue weighted by molar-refractivity contribution is 6.02. The second-order valence-electron chi connectivity index (χ2n) is 8.81. The van der Waals surface area contributed by atoms with Gasteiger partial charge in [-0.1, -0.05) is 0 Å². The van der Waals surface area contributed by atoms with Crippen molar-refractivity contribution in [2.24, 2.45) is 5.92 Å². The van der Waals surface area contributed by atoms with Crippen LogP contribution < -0.4 is 10.2 Å². The largest absolute Gasteiger partial charge is 0.355 e. The van der Waals surface area contributed by atoms with Gasteiger partial charge < -0.3 is 19.5 Å². The molecule has 9 heteroatoms. The van der Waals surface area contributed by atoms with Crippen LogP contribution in [0.5, 0.6) is 0 Å². The lowest BCUT2D eigenvalue weighted by molar-refractivity contribution is 0.102. The fraction of sp³-hybridized carbons (Fsp3) is 0.500. The third-order valence-corrected chi connectivity index (χ3v) is 6.16. The lowest BCUT2D eigenvalue weighted by atomic mass is 10.1. The van der Waals surface area contributed by atoms with Crippen molar-refractivity contribution in [3.8, 4) is 0 Å². The van der Waals surface area contributed by atoms with Crippen molar-refractivity contribution < 1.29 is 4.79 Å². The first-order valence-corrected chi connectivity index (χ1v) is 10.9. The molecule has 9 nitrogen and oxygen atoms in total. The summed E-state index contributed by atoms with van der Waals surface area (Å²) in [5, 5.41) is 2.81. The average molecular weight is 421 g/mol. The zero-order valence-corrected chi connectivity index (χ0v) is 18.2. The number of fused-ring (bicyclic) bond motifs is 1. The molecule has 31 heavy (non-hydrogen) atoms. The van der Waals surface area contributed by atoms with Crippen LogP contribution in [-0.2, 0) is 0 Å². The number of aromatic nitrogens is 5. The van der Waals surface area contributed by atoms with Crippen molar-refractivity contribution in [3.05, 3.63) is 41.9 Å². The summed E-state index contributed by atoms with van der Waals surface area (Å²) in [5.74, 6) is 1.62. The predicted molar refractivity (Wildman–Crippen MR) is 118 cm³/mol. The smallest absolute Gasteiger partial charge is 0.277 e. The summed E-state index contributed by atoms with van der Waals surface area (Å²) in [6.07, 6.45) is 10.7. The number of carbonyl (C=O) groups is 1. The minimum atomic E-state index is -0.326. The molecule has 1 aliphatic heterocycles. The first-order chi connectivity index (χ1) is 15.0. The molecule has 0 aromatic carbocycles. The number of rotatable bonds is 6. The Hall–Kier alpha value is -3.07. The van der Waals surface area contributed by atoms with E-state index in [1.165, 1.54) is 19.3 Å². The molecule has 3 aromatic rings. The zero-order chi connectivity index (χ0) is 21.5. The molecule has 1 saturated heterocycles. The van der Waals surface area contributed by atoms with Gasteiger partial charge in [0.1, 0.15) is 17.3 Å². The normalized spacial score (nSPS) is 18.8. The van der Waals surface area contributed by atoms with Gasteiger partial charge in [-0.15, -0.1) is 0 Å². The Balaban J connectivity index is 1.22. The molecule has 0 spiro atoms. The van der Waals surface area contributed by atoms with Gasteiger partial charge in [0.05, 0.1) is 30.0 Å². The van der Waals surface area contributed by atoms with Crippen molar-refractivity contribution in [1.82, 2.24) is 29.2 Å². The number of anilines is 2. The first-order valence-electron chi connectivity index (χ1n) is 10.9. The van der Waals surface area contributed by atoms with Gasteiger partial charge in [-0.2, -0.15) is 0 Å². The van der Waals surface area contributed by atoms with Crippen molar-refractivity contribution in [2.75, 3.05) is 36.9 Å². The highest BCUT2D eigenvalue weighted by atomic mass is 16.2. The molecule has 5 rings (SSSR count). The Morgan fingerprint density at radius 1 is 1.16 bits per heavy atom. The standard InChI is InChI=1S/C22H28N8O/c1-14-10-30-13-19(26-15(2)21(30)25-14)27-22(31)18-8-24-20(9-23-18)29-7-6-16(12-29)11-28(3)17-4-5-17/h8-10,13,16-17H,4-7,11-12H2,1-3H3,(H,27,31). The number of aryl methyl sites for hydroxylation is 2. The van der Waals surface area contributed by atoms with E-state index >= 15 is 0 Å². The Bertz CT molecular complexity index is 1100. The first kappa shape index (κ1) is 19.9. The van der Waals surface area contributed by atoms with Gasteiger partial charge in [0.15, 0.2) is 5.65 Å². The highest BCUT2D eigenvalue weighted by Crippen LogP contribution is 2.28. The van der Waals surface area contributed by atoms with E-state index in [1.807, 2.05) is 24.4 Å².